The minimum atomic E-state index is -2.60. The van der Waals surface area contributed by atoms with Gasteiger partial charge in [0.2, 0.25) is 0 Å². The quantitative estimate of drug-likeness (QED) is 0.189. The Hall–Kier alpha value is 1.90. The van der Waals surface area contributed by atoms with Crippen molar-refractivity contribution in [3.8, 4) is 0 Å². The summed E-state index contributed by atoms with van der Waals surface area (Å²) < 4.78 is 0. The Bertz CT molecular complexity index is 464. The van der Waals surface area contributed by atoms with Gasteiger partial charge in [-0.25, -0.2) is 0 Å². The average molecular weight is 681 g/mol. The zero-order chi connectivity index (χ0) is 31.2. The van der Waals surface area contributed by atoms with Crippen molar-refractivity contribution >= 4 is 32.5 Å². The van der Waals surface area contributed by atoms with E-state index in [-0.39, 0.29) is 67.1 Å². The van der Waals surface area contributed by atoms with E-state index in [0.29, 0.717) is 0 Å². The summed E-state index contributed by atoms with van der Waals surface area (Å²) in [5, 5.41) is -0.562. The van der Waals surface area contributed by atoms with Gasteiger partial charge in [0.1, 0.15) is 0 Å². The Balaban J connectivity index is -0.000000140. The van der Waals surface area contributed by atoms with E-state index in [4.69, 9.17) is 0 Å². The van der Waals surface area contributed by atoms with Gasteiger partial charge in [-0.1, -0.05) is 155 Å². The Morgan fingerprint density at radius 1 is 0.324 bits per heavy atom. The molecule has 0 saturated heterocycles. The molecule has 0 atom stereocenters. The monoisotopic (exact) mass is 682 g/mol. The fourth-order valence-corrected chi connectivity index (χ4v) is 20.2. The molecule has 0 spiro atoms. The first-order valence-electron chi connectivity index (χ1n) is 13.9. The van der Waals surface area contributed by atoms with Crippen LogP contribution in [0.15, 0.2) is 0 Å². The summed E-state index contributed by atoms with van der Waals surface area (Å²) in [6.45, 7) is 51.7. The van der Waals surface area contributed by atoms with E-state index < -0.39 is 16.6 Å². The molecule has 0 unspecified atom stereocenters. The van der Waals surface area contributed by atoms with Crippen molar-refractivity contribution in [3.63, 3.8) is 0 Å². The number of hydrogen-bond acceptors (Lipinski definition) is 2. The summed E-state index contributed by atoms with van der Waals surface area (Å²) in [5.41, 5.74) is 0. The molecule has 0 radical (unpaired) electrons. The van der Waals surface area contributed by atoms with Crippen LogP contribution in [0.2, 0.25) is 30.2 Å². The third-order valence-electron chi connectivity index (χ3n) is 6.34. The van der Waals surface area contributed by atoms with Gasteiger partial charge in [-0.3, -0.25) is 0 Å². The topological polar surface area (TPSA) is 46.1 Å². The molecule has 0 bridgehead atoms. The van der Waals surface area contributed by atoms with Crippen molar-refractivity contribution in [2.24, 2.45) is 0 Å². The fourth-order valence-electron chi connectivity index (χ4n) is 6.75. The van der Waals surface area contributed by atoms with E-state index in [2.05, 4.69) is 165 Å². The van der Waals surface area contributed by atoms with Gasteiger partial charge in [-0.2, -0.15) is 0 Å². The van der Waals surface area contributed by atoms with Crippen molar-refractivity contribution in [1.29, 1.82) is 0 Å². The predicted molar refractivity (Wildman–Crippen MR) is 182 cm³/mol. The van der Waals surface area contributed by atoms with Gasteiger partial charge in [0.15, 0.2) is 0 Å². The molecule has 37 heavy (non-hydrogen) atoms. The Morgan fingerprint density at radius 2 is 0.378 bits per heavy atom. The molecule has 0 amide bonds. The normalized spacial score (nSPS) is 13.9. The van der Waals surface area contributed by atoms with Crippen LogP contribution >= 0.6 is 15.8 Å². The average Bonchev–Trinajstić information content (AvgIpc) is 2.46. The first-order valence-corrected chi connectivity index (χ1v) is 23.7. The van der Waals surface area contributed by atoms with E-state index in [1.165, 1.54) is 0 Å². The summed E-state index contributed by atoms with van der Waals surface area (Å²) in [5.74, 6) is 0. The van der Waals surface area contributed by atoms with Crippen molar-refractivity contribution in [3.05, 3.63) is 0 Å². The van der Waals surface area contributed by atoms with Crippen LogP contribution in [0.1, 0.15) is 125 Å². The van der Waals surface area contributed by atoms with Crippen molar-refractivity contribution < 1.29 is 30.7 Å². The SMILES string of the molecule is CC(C)(C)[Si]([O-])(C(C)(C)C)C(C)(C)C.CC(C)(C)[Si]([O-])(C(C)(C)C)C(C)(C)C.C[PH+](C)C.C[PH+](C)C.[Mo+2]. The van der Waals surface area contributed by atoms with Crippen LogP contribution in [0.3, 0.4) is 0 Å². The summed E-state index contributed by atoms with van der Waals surface area (Å²) in [6, 6.07) is 0. The van der Waals surface area contributed by atoms with Crippen LogP contribution in [0.5, 0.6) is 0 Å². The first kappa shape index (κ1) is 48.6. The van der Waals surface area contributed by atoms with Gasteiger partial charge in [0.25, 0.3) is 0 Å². The van der Waals surface area contributed by atoms with Crippen molar-refractivity contribution in [2.75, 3.05) is 40.0 Å². The van der Waals surface area contributed by atoms with Gasteiger partial charge in [0, 0.05) is 40.0 Å². The van der Waals surface area contributed by atoms with Crippen molar-refractivity contribution in [1.82, 2.24) is 0 Å². The molecule has 0 aromatic rings. The van der Waals surface area contributed by atoms with Crippen LogP contribution < -0.4 is 9.59 Å². The largest absolute Gasteiger partial charge is 2.00 e. The smallest absolute Gasteiger partial charge is 0.857 e. The molecule has 0 aromatic carbocycles. The van der Waals surface area contributed by atoms with E-state index in [9.17, 15) is 9.59 Å². The number of hydrogen-bond donors (Lipinski definition) is 0. The van der Waals surface area contributed by atoms with E-state index in [0.717, 1.165) is 0 Å². The molecule has 0 aliphatic rings. The van der Waals surface area contributed by atoms with Crippen LogP contribution in [0, 0.1) is 0 Å². The van der Waals surface area contributed by atoms with Crippen molar-refractivity contribution in [2.45, 2.75) is 155 Å². The van der Waals surface area contributed by atoms with Gasteiger partial charge in [-0.05, 0) is 32.5 Å². The predicted octanol–water partition coefficient (Wildman–Crippen LogP) is 9.56. The third-order valence-corrected chi connectivity index (χ3v) is 19.0. The summed E-state index contributed by atoms with van der Waals surface area (Å²) in [6.07, 6.45) is 0. The molecule has 0 N–H and O–H groups in total. The first-order chi connectivity index (χ1) is 15.0. The standard InChI is InChI=1S/2C12H27OSi.2C3H9P.Mo/c2*1-10(2,3)14(13,11(4,5)6)12(7,8)9;2*1-4(2)3;/h2*1-9H3;2*1-3H3;/q2*-1;;;+2/p+2. The Morgan fingerprint density at radius 3 is 0.378 bits per heavy atom. The zero-order valence-electron chi connectivity index (χ0n) is 30.2. The molecule has 0 aliphatic carbocycles. The molecule has 0 aliphatic heterocycles. The molecular weight excluding hydrogens is 606 g/mol. The Labute approximate surface area is 256 Å². The molecule has 0 saturated carbocycles. The Kier molecular flexibility index (Phi) is 21.7. The van der Waals surface area contributed by atoms with Gasteiger partial charge in [0.05, 0.1) is 0 Å². The summed E-state index contributed by atoms with van der Waals surface area (Å²) >= 11 is 0. The summed E-state index contributed by atoms with van der Waals surface area (Å²) in [7, 11) is -4.97. The molecular formula is C30H74MoO2P2Si2+2. The van der Waals surface area contributed by atoms with E-state index in [1.54, 1.807) is 0 Å². The second-order valence-electron chi connectivity index (χ2n) is 17.9. The minimum Gasteiger partial charge on any atom is -0.857 e. The molecule has 2 nitrogen and oxygen atoms in total. The molecule has 0 fully saturated rings. The van der Waals surface area contributed by atoms with Crippen LogP contribution in [0.25, 0.3) is 0 Å². The van der Waals surface area contributed by atoms with E-state index >= 15 is 0 Å². The van der Waals surface area contributed by atoms with Crippen LogP contribution in [-0.4, -0.2) is 56.6 Å². The van der Waals surface area contributed by atoms with Gasteiger partial charge < -0.3 is 9.59 Å². The minimum absolute atomic E-state index is 0. The maximum absolute atomic E-state index is 13.3. The molecule has 0 heterocycles. The second-order valence-corrected chi connectivity index (χ2v) is 35.6. The fraction of sp³-hybridized carbons (Fsp3) is 1.00. The maximum Gasteiger partial charge on any atom is 2.00 e. The molecule has 7 heteroatoms. The third kappa shape index (κ3) is 15.6. The molecule has 228 valence electrons. The van der Waals surface area contributed by atoms with Crippen LogP contribution in [-0.2, 0) is 21.1 Å². The molecule has 0 aromatic heterocycles. The second kappa shape index (κ2) is 16.5. The van der Waals surface area contributed by atoms with Crippen LogP contribution in [0.4, 0.5) is 0 Å². The number of rotatable bonds is 0. The zero-order valence-corrected chi connectivity index (χ0v) is 36.2. The molecule has 0 rings (SSSR count). The van der Waals surface area contributed by atoms with E-state index in [1.807, 2.05) is 0 Å². The summed E-state index contributed by atoms with van der Waals surface area (Å²) in [4.78, 5) is 26.6. The van der Waals surface area contributed by atoms with Gasteiger partial charge >= 0.3 is 21.1 Å². The maximum atomic E-state index is 13.3. The van der Waals surface area contributed by atoms with Gasteiger partial charge in [-0.15, -0.1) is 0 Å².